The highest BCUT2D eigenvalue weighted by Gasteiger charge is 2.30. The van der Waals surface area contributed by atoms with Crippen LogP contribution in [0.2, 0.25) is 5.02 Å². The summed E-state index contributed by atoms with van der Waals surface area (Å²) < 4.78 is 2.91. The van der Waals surface area contributed by atoms with E-state index in [2.05, 4.69) is 15.5 Å². The number of rotatable bonds is 5. The van der Waals surface area contributed by atoms with E-state index in [0.717, 1.165) is 49.6 Å². The van der Waals surface area contributed by atoms with E-state index in [1.165, 1.54) is 11.1 Å². The highest BCUT2D eigenvalue weighted by Crippen LogP contribution is 2.41. The summed E-state index contributed by atoms with van der Waals surface area (Å²) in [6.45, 7) is -0.0777. The molecule has 2 fully saturated rings. The number of carbonyl (C=O) groups is 1. The zero-order valence-corrected chi connectivity index (χ0v) is 17.4. The lowest BCUT2D eigenvalue weighted by Crippen LogP contribution is -2.40. The Kier molecular flexibility index (Phi) is 5.06. The molecule has 156 valence electrons. The van der Waals surface area contributed by atoms with Crippen molar-refractivity contribution < 1.29 is 4.79 Å². The van der Waals surface area contributed by atoms with Crippen LogP contribution in [-0.2, 0) is 11.3 Å². The summed E-state index contributed by atoms with van der Waals surface area (Å²) in [5.41, 5.74) is 1.69. The molecule has 1 amide bonds. The average Bonchev–Trinajstić information content (AvgIpc) is 3.48. The third-order valence-corrected chi connectivity index (χ3v) is 6.23. The number of nitrogens with zero attached hydrogens (tertiary/aromatic N) is 4. The van der Waals surface area contributed by atoms with Crippen molar-refractivity contribution in [2.24, 2.45) is 0 Å². The van der Waals surface area contributed by atoms with Crippen LogP contribution in [0.15, 0.2) is 35.3 Å². The van der Waals surface area contributed by atoms with Gasteiger partial charge in [0.05, 0.1) is 17.6 Å². The molecule has 0 radical (unpaired) electrons. The van der Waals surface area contributed by atoms with E-state index in [0.29, 0.717) is 22.1 Å². The Bertz CT molecular complexity index is 1160. The second kappa shape index (κ2) is 7.87. The molecule has 5 rings (SSSR count). The lowest BCUT2D eigenvalue weighted by molar-refractivity contribution is -0.122. The number of halogens is 1. The van der Waals surface area contributed by atoms with Gasteiger partial charge in [-0.2, -0.15) is 10.2 Å². The number of benzene rings is 1. The summed E-state index contributed by atoms with van der Waals surface area (Å²) in [4.78, 5) is 26.0. The Morgan fingerprint density at radius 2 is 1.97 bits per heavy atom. The predicted molar refractivity (Wildman–Crippen MR) is 115 cm³/mol. The average molecular weight is 426 g/mol. The molecule has 2 heterocycles. The molecule has 1 aromatic carbocycles. The zero-order chi connectivity index (χ0) is 20.7. The first-order chi connectivity index (χ1) is 14.6. The second-order valence-corrected chi connectivity index (χ2v) is 8.76. The number of hydrogen-bond acceptors (Lipinski definition) is 4. The fourth-order valence-corrected chi connectivity index (χ4v) is 4.50. The van der Waals surface area contributed by atoms with Gasteiger partial charge in [0.15, 0.2) is 0 Å². The van der Waals surface area contributed by atoms with E-state index in [-0.39, 0.29) is 24.1 Å². The molecule has 2 aromatic heterocycles. The molecule has 30 heavy (non-hydrogen) atoms. The van der Waals surface area contributed by atoms with Gasteiger partial charge in [-0.3, -0.25) is 9.59 Å². The van der Waals surface area contributed by atoms with E-state index in [9.17, 15) is 9.59 Å². The molecule has 0 saturated heterocycles. The first kappa shape index (κ1) is 19.3. The number of amides is 1. The minimum atomic E-state index is -0.314. The molecule has 0 atom stereocenters. The van der Waals surface area contributed by atoms with Crippen LogP contribution in [0.3, 0.4) is 0 Å². The van der Waals surface area contributed by atoms with E-state index in [4.69, 9.17) is 11.6 Å². The standard InChI is InChI=1S/C22H24ClN5O2/c23-15-5-4-8-17(11-15)28-21-18(12-24-28)20(14-9-10-14)26-27(22(21)30)13-19(29)25-16-6-2-1-3-7-16/h4-5,8,11-12,14,16H,1-3,6-7,9-10,13H2,(H,25,29). The van der Waals surface area contributed by atoms with E-state index in [1.54, 1.807) is 23.0 Å². The lowest BCUT2D eigenvalue weighted by Gasteiger charge is -2.22. The fourth-order valence-electron chi connectivity index (χ4n) is 4.32. The topological polar surface area (TPSA) is 81.8 Å². The third kappa shape index (κ3) is 3.74. The van der Waals surface area contributed by atoms with Crippen molar-refractivity contribution >= 4 is 28.4 Å². The zero-order valence-electron chi connectivity index (χ0n) is 16.7. The van der Waals surface area contributed by atoms with Crippen LogP contribution in [0.5, 0.6) is 0 Å². The van der Waals surface area contributed by atoms with Gasteiger partial charge in [0.1, 0.15) is 12.1 Å². The molecule has 0 spiro atoms. The maximum Gasteiger partial charge on any atom is 0.293 e. The molecular weight excluding hydrogens is 402 g/mol. The van der Waals surface area contributed by atoms with E-state index < -0.39 is 0 Å². The minimum absolute atomic E-state index is 0.0777. The first-order valence-corrected chi connectivity index (χ1v) is 11.0. The van der Waals surface area contributed by atoms with Gasteiger partial charge in [0.2, 0.25) is 5.91 Å². The minimum Gasteiger partial charge on any atom is -0.352 e. The Hall–Kier alpha value is -2.67. The Labute approximate surface area is 179 Å². The number of aromatic nitrogens is 4. The number of nitrogens with one attached hydrogen (secondary N) is 1. The van der Waals surface area contributed by atoms with Gasteiger partial charge in [-0.25, -0.2) is 9.36 Å². The van der Waals surface area contributed by atoms with Gasteiger partial charge < -0.3 is 5.32 Å². The quantitative estimate of drug-likeness (QED) is 0.677. The Balaban J connectivity index is 1.53. The maximum atomic E-state index is 13.3. The summed E-state index contributed by atoms with van der Waals surface area (Å²) in [6.07, 6.45) is 9.28. The van der Waals surface area contributed by atoms with Gasteiger partial charge in [0, 0.05) is 22.4 Å². The number of hydrogen-bond donors (Lipinski definition) is 1. The first-order valence-electron chi connectivity index (χ1n) is 10.6. The van der Waals surface area contributed by atoms with Crippen molar-refractivity contribution in [2.45, 2.75) is 63.5 Å². The molecule has 2 aliphatic carbocycles. The van der Waals surface area contributed by atoms with Crippen LogP contribution in [0.4, 0.5) is 0 Å². The molecule has 7 nitrogen and oxygen atoms in total. The van der Waals surface area contributed by atoms with Crippen LogP contribution in [0, 0.1) is 0 Å². The van der Waals surface area contributed by atoms with Crippen LogP contribution in [0.25, 0.3) is 16.6 Å². The van der Waals surface area contributed by atoms with Crippen molar-refractivity contribution in [3.05, 3.63) is 51.5 Å². The van der Waals surface area contributed by atoms with Crippen molar-refractivity contribution in [2.75, 3.05) is 0 Å². The monoisotopic (exact) mass is 425 g/mol. The smallest absolute Gasteiger partial charge is 0.293 e. The molecular formula is C22H24ClN5O2. The van der Waals surface area contributed by atoms with Gasteiger partial charge in [-0.1, -0.05) is 36.9 Å². The van der Waals surface area contributed by atoms with Gasteiger partial charge >= 0.3 is 0 Å². The van der Waals surface area contributed by atoms with Crippen LogP contribution >= 0.6 is 11.6 Å². The van der Waals surface area contributed by atoms with E-state index in [1.807, 2.05) is 12.1 Å². The molecule has 8 heteroatoms. The van der Waals surface area contributed by atoms with Crippen molar-refractivity contribution in [3.63, 3.8) is 0 Å². The highest BCUT2D eigenvalue weighted by atomic mass is 35.5. The summed E-state index contributed by atoms with van der Waals surface area (Å²) in [5, 5.41) is 13.4. The Morgan fingerprint density at radius 1 is 1.17 bits per heavy atom. The molecule has 0 unspecified atom stereocenters. The van der Waals surface area contributed by atoms with Crippen LogP contribution < -0.4 is 10.9 Å². The van der Waals surface area contributed by atoms with Gasteiger partial charge in [-0.15, -0.1) is 0 Å². The molecule has 0 aliphatic heterocycles. The normalized spacial score (nSPS) is 17.4. The SMILES string of the molecule is O=C(Cn1nc(C2CC2)c2cnn(-c3cccc(Cl)c3)c2c1=O)NC1CCCCC1. The fraction of sp³-hybridized carbons (Fsp3) is 0.455. The van der Waals surface area contributed by atoms with Crippen molar-refractivity contribution in [1.29, 1.82) is 0 Å². The van der Waals surface area contributed by atoms with Crippen molar-refractivity contribution in [1.82, 2.24) is 24.9 Å². The second-order valence-electron chi connectivity index (χ2n) is 8.32. The van der Waals surface area contributed by atoms with Gasteiger partial charge in [-0.05, 0) is 43.9 Å². The van der Waals surface area contributed by atoms with E-state index >= 15 is 0 Å². The maximum absolute atomic E-state index is 13.3. The van der Waals surface area contributed by atoms with Crippen molar-refractivity contribution in [3.8, 4) is 5.69 Å². The predicted octanol–water partition coefficient (Wildman–Crippen LogP) is 3.56. The summed E-state index contributed by atoms with van der Waals surface area (Å²) >= 11 is 6.15. The summed E-state index contributed by atoms with van der Waals surface area (Å²) in [7, 11) is 0. The van der Waals surface area contributed by atoms with Crippen LogP contribution in [-0.4, -0.2) is 31.5 Å². The van der Waals surface area contributed by atoms with Gasteiger partial charge in [0.25, 0.3) is 5.56 Å². The molecule has 2 saturated carbocycles. The van der Waals surface area contributed by atoms with Crippen LogP contribution in [0.1, 0.15) is 56.6 Å². The molecule has 2 aliphatic rings. The summed E-state index contributed by atoms with van der Waals surface area (Å²) in [5.74, 6) is 0.157. The largest absolute Gasteiger partial charge is 0.352 e. The molecule has 1 N–H and O–H groups in total. The lowest BCUT2D eigenvalue weighted by atomic mass is 9.95. The summed E-state index contributed by atoms with van der Waals surface area (Å²) in [6, 6.07) is 7.43. The molecule has 3 aromatic rings. The molecule has 0 bridgehead atoms. The number of fused-ring (bicyclic) bond motifs is 1. The highest BCUT2D eigenvalue weighted by molar-refractivity contribution is 6.30. The number of carbonyl (C=O) groups excluding carboxylic acids is 1. The third-order valence-electron chi connectivity index (χ3n) is 5.99. The Morgan fingerprint density at radius 3 is 2.70 bits per heavy atom.